The van der Waals surface area contributed by atoms with Crippen molar-refractivity contribution in [2.24, 2.45) is 5.92 Å². The molecule has 2 amide bonds. The van der Waals surface area contributed by atoms with E-state index in [9.17, 15) is 23.5 Å². The van der Waals surface area contributed by atoms with Crippen LogP contribution in [0.4, 0.5) is 13.6 Å². The number of alkyl carbamates (subject to hydrolysis) is 1. The number of carbonyl (C=O) groups excluding carboxylic acids is 2. The first kappa shape index (κ1) is 30.1. The van der Waals surface area contributed by atoms with Crippen molar-refractivity contribution in [3.8, 4) is 0 Å². The molecule has 0 saturated heterocycles. The number of aliphatic hydroxyl groups excluding tert-OH is 1. The van der Waals surface area contributed by atoms with Gasteiger partial charge in [0.25, 0.3) is 0 Å². The summed E-state index contributed by atoms with van der Waals surface area (Å²) in [4.78, 5) is 25.0. The maximum atomic E-state index is 13.7. The molecule has 0 aliphatic carbocycles. The fraction of sp³-hybridized carbons (Fsp3) is 0.667. The van der Waals surface area contributed by atoms with Gasteiger partial charge in [-0.3, -0.25) is 4.79 Å². The molecule has 0 spiro atoms. The molecule has 0 aliphatic rings. The van der Waals surface area contributed by atoms with Crippen LogP contribution in [-0.4, -0.2) is 66.0 Å². The zero-order valence-electron chi connectivity index (χ0n) is 20.9. The molecule has 194 valence electrons. The monoisotopic (exact) mass is 503 g/mol. The summed E-state index contributed by atoms with van der Waals surface area (Å²) < 4.78 is 32.6. The summed E-state index contributed by atoms with van der Waals surface area (Å²) in [5.74, 6) is -0.635. The normalized spacial score (nSPS) is 14.4. The number of nitrogens with one attached hydrogen (secondary N) is 3. The van der Waals surface area contributed by atoms with Crippen molar-refractivity contribution in [2.45, 2.75) is 71.2 Å². The van der Waals surface area contributed by atoms with Crippen molar-refractivity contribution in [2.75, 3.05) is 25.1 Å². The van der Waals surface area contributed by atoms with Crippen LogP contribution in [0.15, 0.2) is 18.2 Å². The molecule has 3 atom stereocenters. The number of hydrogen-bond acceptors (Lipinski definition) is 6. The Balaban J connectivity index is 2.94. The summed E-state index contributed by atoms with van der Waals surface area (Å²) >= 11 is 1.60. The molecule has 1 rings (SSSR count). The Morgan fingerprint density at radius 3 is 2.26 bits per heavy atom. The minimum atomic E-state index is -1.16. The molecule has 7 nitrogen and oxygen atoms in total. The van der Waals surface area contributed by atoms with Crippen LogP contribution in [0.2, 0.25) is 0 Å². The van der Waals surface area contributed by atoms with Crippen LogP contribution in [0.1, 0.15) is 46.6 Å². The number of benzene rings is 1. The zero-order valence-corrected chi connectivity index (χ0v) is 21.7. The molecule has 0 radical (unpaired) electrons. The number of rotatable bonds is 13. The minimum absolute atomic E-state index is 0.0214. The van der Waals surface area contributed by atoms with Crippen LogP contribution in [0.3, 0.4) is 0 Å². The van der Waals surface area contributed by atoms with Crippen LogP contribution < -0.4 is 16.0 Å². The highest BCUT2D eigenvalue weighted by Crippen LogP contribution is 2.14. The number of amides is 2. The lowest BCUT2D eigenvalue weighted by Gasteiger charge is -2.28. The fourth-order valence-electron chi connectivity index (χ4n) is 3.12. The highest BCUT2D eigenvalue weighted by molar-refractivity contribution is 7.98. The maximum absolute atomic E-state index is 13.7. The van der Waals surface area contributed by atoms with Crippen molar-refractivity contribution >= 4 is 23.8 Å². The van der Waals surface area contributed by atoms with Crippen molar-refractivity contribution < 1.29 is 28.2 Å². The van der Waals surface area contributed by atoms with Crippen LogP contribution in [-0.2, 0) is 16.0 Å². The van der Waals surface area contributed by atoms with Gasteiger partial charge in [-0.2, -0.15) is 11.8 Å². The first-order chi connectivity index (χ1) is 15.8. The Morgan fingerprint density at radius 1 is 1.12 bits per heavy atom. The van der Waals surface area contributed by atoms with Crippen molar-refractivity contribution in [3.63, 3.8) is 0 Å². The molecule has 0 aliphatic heterocycles. The van der Waals surface area contributed by atoms with E-state index in [1.54, 1.807) is 32.5 Å². The molecule has 10 heteroatoms. The lowest BCUT2D eigenvalue weighted by atomic mass is 10.0. The van der Waals surface area contributed by atoms with E-state index < -0.39 is 41.5 Å². The lowest BCUT2D eigenvalue weighted by Crippen LogP contribution is -2.53. The van der Waals surface area contributed by atoms with Crippen LogP contribution in [0.5, 0.6) is 0 Å². The molecule has 1 aromatic carbocycles. The van der Waals surface area contributed by atoms with Gasteiger partial charge in [0.05, 0.1) is 18.2 Å². The minimum Gasteiger partial charge on any atom is -0.444 e. The van der Waals surface area contributed by atoms with Crippen LogP contribution in [0, 0.1) is 17.6 Å². The zero-order chi connectivity index (χ0) is 25.9. The van der Waals surface area contributed by atoms with Crippen LogP contribution >= 0.6 is 11.8 Å². The smallest absolute Gasteiger partial charge is 0.407 e. The number of aliphatic hydroxyl groups is 1. The predicted octanol–water partition coefficient (Wildman–Crippen LogP) is 3.25. The number of hydrogen-bond donors (Lipinski definition) is 4. The van der Waals surface area contributed by atoms with Gasteiger partial charge in [0, 0.05) is 19.2 Å². The molecule has 0 aromatic heterocycles. The quantitative estimate of drug-likeness (QED) is 0.330. The summed E-state index contributed by atoms with van der Waals surface area (Å²) in [6.45, 7) is 9.61. The van der Waals surface area contributed by atoms with Gasteiger partial charge in [-0.15, -0.1) is 0 Å². The molecule has 4 N–H and O–H groups in total. The number of carbonyl (C=O) groups is 2. The Morgan fingerprint density at radius 2 is 1.74 bits per heavy atom. The number of thioether (sulfide) groups is 1. The van der Waals surface area contributed by atoms with Gasteiger partial charge in [0.15, 0.2) is 0 Å². The van der Waals surface area contributed by atoms with Gasteiger partial charge in [0.2, 0.25) is 5.91 Å². The maximum Gasteiger partial charge on any atom is 0.407 e. The van der Waals surface area contributed by atoms with Gasteiger partial charge < -0.3 is 25.8 Å². The molecular weight excluding hydrogens is 464 g/mol. The van der Waals surface area contributed by atoms with E-state index in [2.05, 4.69) is 16.0 Å². The molecule has 0 bridgehead atoms. The van der Waals surface area contributed by atoms with E-state index >= 15 is 0 Å². The SMILES string of the molecule is CSCC[C@H](NC[C@@H](O)[C@H](Cc1cc(F)cc(F)c1)NC(=O)OC(C)(C)C)C(=O)NCC(C)C. The standard InChI is InChI=1S/C24H39F2N3O4S/c1-15(2)13-28-22(31)19(7-8-34-6)27-14-21(30)20(29-23(32)33-24(3,4)5)11-16-9-17(25)12-18(26)10-16/h9-10,12,15,19-21,27,30H,7-8,11,13-14H2,1-6H3,(H,28,31)(H,29,32)/t19-,20-,21+/m0/s1. The van der Waals surface area contributed by atoms with E-state index in [0.717, 1.165) is 24.0 Å². The largest absolute Gasteiger partial charge is 0.444 e. The molecule has 0 fully saturated rings. The van der Waals surface area contributed by atoms with E-state index in [0.29, 0.717) is 18.9 Å². The highest BCUT2D eigenvalue weighted by Gasteiger charge is 2.27. The molecule has 0 unspecified atom stereocenters. The Bertz CT molecular complexity index is 770. The van der Waals surface area contributed by atoms with Gasteiger partial charge >= 0.3 is 6.09 Å². The third-order valence-electron chi connectivity index (χ3n) is 4.73. The van der Waals surface area contributed by atoms with Gasteiger partial charge in [-0.1, -0.05) is 13.8 Å². The summed E-state index contributed by atoms with van der Waals surface area (Å²) in [7, 11) is 0. The summed E-state index contributed by atoms with van der Waals surface area (Å²) in [6.07, 6.45) is 0.537. The second kappa shape index (κ2) is 14.5. The van der Waals surface area contributed by atoms with E-state index in [-0.39, 0.29) is 24.4 Å². The van der Waals surface area contributed by atoms with Gasteiger partial charge in [-0.25, -0.2) is 13.6 Å². The van der Waals surface area contributed by atoms with Gasteiger partial charge in [0.1, 0.15) is 17.2 Å². The van der Waals surface area contributed by atoms with E-state index in [4.69, 9.17) is 4.74 Å². The topological polar surface area (TPSA) is 99.7 Å². The predicted molar refractivity (Wildman–Crippen MR) is 132 cm³/mol. The number of halogens is 2. The Hall–Kier alpha value is -1.91. The third kappa shape index (κ3) is 12.5. The molecule has 0 heterocycles. The first-order valence-electron chi connectivity index (χ1n) is 11.4. The average molecular weight is 504 g/mol. The van der Waals surface area contributed by atoms with Crippen molar-refractivity contribution in [1.82, 2.24) is 16.0 Å². The molecular formula is C24H39F2N3O4S. The summed E-state index contributed by atoms with van der Waals surface area (Å²) in [6, 6.07) is 1.60. The van der Waals surface area contributed by atoms with Crippen molar-refractivity contribution in [1.29, 1.82) is 0 Å². The molecule has 0 saturated carbocycles. The Kier molecular flexibility index (Phi) is 12.8. The summed E-state index contributed by atoms with van der Waals surface area (Å²) in [5, 5.41) is 19.4. The first-order valence-corrected chi connectivity index (χ1v) is 12.8. The van der Waals surface area contributed by atoms with E-state index in [1.165, 1.54) is 0 Å². The van der Waals surface area contributed by atoms with Crippen molar-refractivity contribution in [3.05, 3.63) is 35.4 Å². The molecule has 1 aromatic rings. The average Bonchev–Trinajstić information content (AvgIpc) is 2.69. The van der Waals surface area contributed by atoms with Gasteiger partial charge in [-0.05, 0) is 69.2 Å². The summed E-state index contributed by atoms with van der Waals surface area (Å²) in [5.41, 5.74) is -0.494. The van der Waals surface area contributed by atoms with Crippen LogP contribution in [0.25, 0.3) is 0 Å². The van der Waals surface area contributed by atoms with E-state index in [1.807, 2.05) is 20.1 Å². The second-order valence-electron chi connectivity index (χ2n) is 9.68. The Labute approximate surface area is 205 Å². The molecule has 34 heavy (non-hydrogen) atoms. The third-order valence-corrected chi connectivity index (χ3v) is 5.37. The highest BCUT2D eigenvalue weighted by atomic mass is 32.2. The lowest BCUT2D eigenvalue weighted by molar-refractivity contribution is -0.123. The number of ether oxygens (including phenoxy) is 1. The fourth-order valence-corrected chi connectivity index (χ4v) is 3.59. The second-order valence-corrected chi connectivity index (χ2v) is 10.7.